The molecule has 0 bridgehead atoms. The predicted molar refractivity (Wildman–Crippen MR) is 91.4 cm³/mol. The average Bonchev–Trinajstić information content (AvgIpc) is 2.50. The van der Waals surface area contributed by atoms with E-state index in [0.29, 0.717) is 10.7 Å². The molecule has 1 amide bonds. The van der Waals surface area contributed by atoms with Gasteiger partial charge < -0.3 is 5.32 Å². The molecule has 0 saturated carbocycles. The first kappa shape index (κ1) is 18.4. The maximum Gasteiger partial charge on any atom is 0.255 e. The minimum atomic E-state index is -4.00. The molecule has 5 nitrogen and oxygen atoms in total. The lowest BCUT2D eigenvalue weighted by atomic mass is 10.2. The monoisotopic (exact) mass is 370 g/mol. The van der Waals surface area contributed by atoms with E-state index in [0.717, 1.165) is 22.0 Å². The Morgan fingerprint density at radius 2 is 1.83 bits per heavy atom. The third kappa shape index (κ3) is 3.75. The van der Waals surface area contributed by atoms with Gasteiger partial charge in [-0.3, -0.25) is 4.79 Å². The number of carbonyl (C=O) groups is 1. The first-order valence-corrected chi connectivity index (χ1v) is 8.74. The summed E-state index contributed by atoms with van der Waals surface area (Å²) >= 11 is 6.05. The second-order valence-corrected chi connectivity index (χ2v) is 7.90. The zero-order valence-corrected chi connectivity index (χ0v) is 14.9. The van der Waals surface area contributed by atoms with Crippen LogP contribution in [0.1, 0.15) is 15.9 Å². The molecule has 0 fully saturated rings. The first-order chi connectivity index (χ1) is 11.1. The van der Waals surface area contributed by atoms with Crippen molar-refractivity contribution in [1.82, 2.24) is 4.31 Å². The van der Waals surface area contributed by atoms with E-state index < -0.39 is 26.6 Å². The van der Waals surface area contributed by atoms with Crippen LogP contribution in [0.15, 0.2) is 41.3 Å². The molecule has 2 aromatic rings. The number of carbonyl (C=O) groups excluding carboxylic acids is 1. The number of hydrogen-bond acceptors (Lipinski definition) is 3. The summed E-state index contributed by atoms with van der Waals surface area (Å²) in [6.45, 7) is 1.86. The van der Waals surface area contributed by atoms with Crippen LogP contribution in [0.2, 0.25) is 5.02 Å². The van der Waals surface area contributed by atoms with Crippen molar-refractivity contribution in [2.75, 3.05) is 19.4 Å². The van der Waals surface area contributed by atoms with Crippen LogP contribution in [-0.4, -0.2) is 32.7 Å². The Bertz CT molecular complexity index is 898. The molecule has 2 aromatic carbocycles. The number of sulfonamides is 1. The second-order valence-electron chi connectivity index (χ2n) is 5.37. The second kappa shape index (κ2) is 6.88. The highest BCUT2D eigenvalue weighted by atomic mass is 35.5. The third-order valence-corrected chi connectivity index (χ3v) is 5.47. The van der Waals surface area contributed by atoms with E-state index in [1.54, 1.807) is 18.2 Å². The molecule has 128 valence electrons. The van der Waals surface area contributed by atoms with Gasteiger partial charge in [0.25, 0.3) is 5.91 Å². The van der Waals surface area contributed by atoms with Crippen molar-refractivity contribution >= 4 is 33.2 Å². The highest BCUT2D eigenvalue weighted by Gasteiger charge is 2.23. The molecule has 1 N–H and O–H groups in total. The number of nitrogens with one attached hydrogen (secondary N) is 1. The van der Waals surface area contributed by atoms with Crippen molar-refractivity contribution in [3.05, 3.63) is 58.4 Å². The van der Waals surface area contributed by atoms with E-state index in [1.807, 2.05) is 6.92 Å². The average molecular weight is 371 g/mol. The van der Waals surface area contributed by atoms with Gasteiger partial charge in [0.2, 0.25) is 10.0 Å². The van der Waals surface area contributed by atoms with Crippen LogP contribution >= 0.6 is 11.6 Å². The number of halogens is 2. The summed E-state index contributed by atoms with van der Waals surface area (Å²) in [5.41, 5.74) is 1.32. The summed E-state index contributed by atoms with van der Waals surface area (Å²) in [5, 5.41) is 2.93. The number of rotatable bonds is 4. The highest BCUT2D eigenvalue weighted by molar-refractivity contribution is 7.89. The summed E-state index contributed by atoms with van der Waals surface area (Å²) < 4.78 is 39.0. The van der Waals surface area contributed by atoms with E-state index in [-0.39, 0.29) is 5.56 Å². The molecule has 0 spiro atoms. The van der Waals surface area contributed by atoms with Gasteiger partial charge in [-0.2, -0.15) is 0 Å². The predicted octanol–water partition coefficient (Wildman–Crippen LogP) is 3.29. The number of aryl methyl sites for hydroxylation is 1. The summed E-state index contributed by atoms with van der Waals surface area (Å²) in [5.74, 6) is -1.51. The van der Waals surface area contributed by atoms with E-state index in [1.165, 1.54) is 20.2 Å². The van der Waals surface area contributed by atoms with Crippen LogP contribution in [0.3, 0.4) is 0 Å². The Labute approximate surface area is 145 Å². The van der Waals surface area contributed by atoms with Crippen LogP contribution in [0.4, 0.5) is 10.1 Å². The zero-order valence-electron chi connectivity index (χ0n) is 13.3. The number of nitrogens with zero attached hydrogens (tertiary/aromatic N) is 1. The molecule has 0 aliphatic carbocycles. The lowest BCUT2D eigenvalue weighted by Crippen LogP contribution is -2.24. The summed E-state index contributed by atoms with van der Waals surface area (Å²) in [6, 6.07) is 8.25. The zero-order chi connectivity index (χ0) is 18.1. The van der Waals surface area contributed by atoms with Crippen LogP contribution in [-0.2, 0) is 10.0 Å². The van der Waals surface area contributed by atoms with Crippen LogP contribution in [0.25, 0.3) is 0 Å². The largest absolute Gasteiger partial charge is 0.321 e. The highest BCUT2D eigenvalue weighted by Crippen LogP contribution is 2.24. The molecular weight excluding hydrogens is 355 g/mol. The Hall–Kier alpha value is -1.96. The summed E-state index contributed by atoms with van der Waals surface area (Å²) in [6.07, 6.45) is 0. The molecule has 0 aliphatic rings. The normalized spacial score (nSPS) is 11.6. The van der Waals surface area contributed by atoms with Gasteiger partial charge in [0, 0.05) is 19.7 Å². The molecule has 0 unspecified atom stereocenters. The minimum absolute atomic E-state index is 0.00784. The Morgan fingerprint density at radius 1 is 1.17 bits per heavy atom. The third-order valence-electron chi connectivity index (χ3n) is 3.32. The molecule has 0 aromatic heterocycles. The molecule has 0 radical (unpaired) electrons. The Morgan fingerprint density at radius 3 is 2.42 bits per heavy atom. The summed E-state index contributed by atoms with van der Waals surface area (Å²) in [7, 11) is -1.43. The van der Waals surface area contributed by atoms with E-state index >= 15 is 0 Å². The fraction of sp³-hybridized carbons (Fsp3) is 0.188. The van der Waals surface area contributed by atoms with Crippen molar-refractivity contribution in [2.24, 2.45) is 0 Å². The van der Waals surface area contributed by atoms with Gasteiger partial charge >= 0.3 is 0 Å². The molecule has 0 saturated heterocycles. The molecule has 0 heterocycles. The van der Waals surface area contributed by atoms with Crippen molar-refractivity contribution in [2.45, 2.75) is 11.8 Å². The van der Waals surface area contributed by atoms with Crippen LogP contribution < -0.4 is 5.32 Å². The van der Waals surface area contributed by atoms with E-state index in [4.69, 9.17) is 11.6 Å². The van der Waals surface area contributed by atoms with Crippen LogP contribution in [0, 0.1) is 12.7 Å². The maximum atomic E-state index is 13.9. The molecular formula is C16H16ClFN2O3S. The fourth-order valence-corrected chi connectivity index (χ4v) is 3.22. The van der Waals surface area contributed by atoms with E-state index in [2.05, 4.69) is 5.32 Å². The Balaban J connectivity index is 2.37. The maximum absolute atomic E-state index is 13.9. The summed E-state index contributed by atoms with van der Waals surface area (Å²) in [4.78, 5) is 11.8. The van der Waals surface area contributed by atoms with Gasteiger partial charge in [-0.25, -0.2) is 17.1 Å². The lowest BCUT2D eigenvalue weighted by molar-refractivity contribution is 0.102. The molecule has 2 rings (SSSR count). The van der Waals surface area contributed by atoms with Gasteiger partial charge in [0.1, 0.15) is 10.7 Å². The van der Waals surface area contributed by atoms with Crippen LogP contribution in [0.5, 0.6) is 0 Å². The van der Waals surface area contributed by atoms with Crippen molar-refractivity contribution < 1.29 is 17.6 Å². The van der Waals surface area contributed by atoms with Crippen molar-refractivity contribution in [1.29, 1.82) is 0 Å². The molecule has 8 heteroatoms. The van der Waals surface area contributed by atoms with Gasteiger partial charge in [0.15, 0.2) is 0 Å². The smallest absolute Gasteiger partial charge is 0.255 e. The number of benzene rings is 2. The lowest BCUT2D eigenvalue weighted by Gasteiger charge is -2.13. The van der Waals surface area contributed by atoms with Gasteiger partial charge in [0.05, 0.1) is 10.7 Å². The van der Waals surface area contributed by atoms with Crippen molar-refractivity contribution in [3.63, 3.8) is 0 Å². The first-order valence-electron chi connectivity index (χ1n) is 6.92. The number of hydrogen-bond donors (Lipinski definition) is 1. The molecule has 0 atom stereocenters. The standard InChI is InChI=1S/C16H16ClFN2O3S/c1-10-4-7-14(12(17)8-10)19-16(21)11-5-6-13(18)15(9-11)24(22,23)20(2)3/h4-9H,1-3H3,(H,19,21). The fourth-order valence-electron chi connectivity index (χ4n) is 1.95. The van der Waals surface area contributed by atoms with Gasteiger partial charge in [-0.15, -0.1) is 0 Å². The number of amides is 1. The molecule has 0 aliphatic heterocycles. The Kier molecular flexibility index (Phi) is 5.27. The number of anilines is 1. The van der Waals surface area contributed by atoms with Gasteiger partial charge in [-0.05, 0) is 42.8 Å². The topological polar surface area (TPSA) is 66.5 Å². The van der Waals surface area contributed by atoms with Gasteiger partial charge in [-0.1, -0.05) is 17.7 Å². The van der Waals surface area contributed by atoms with E-state index in [9.17, 15) is 17.6 Å². The minimum Gasteiger partial charge on any atom is -0.321 e. The van der Waals surface area contributed by atoms with Crippen molar-refractivity contribution in [3.8, 4) is 0 Å². The quantitative estimate of drug-likeness (QED) is 0.898. The molecule has 24 heavy (non-hydrogen) atoms. The SMILES string of the molecule is Cc1ccc(NC(=O)c2ccc(F)c(S(=O)(=O)N(C)C)c2)c(Cl)c1.